The fraction of sp³-hybridized carbons (Fsp3) is 0.556. The number of aryl methyl sites for hydroxylation is 1. The molecule has 2 aromatic carbocycles. The van der Waals surface area contributed by atoms with Crippen LogP contribution in [0.4, 0.5) is 0 Å². The molecule has 0 saturated heterocycles. The van der Waals surface area contributed by atoms with Crippen molar-refractivity contribution in [3.63, 3.8) is 0 Å². The van der Waals surface area contributed by atoms with Gasteiger partial charge in [0.1, 0.15) is 12.4 Å². The Morgan fingerprint density at radius 3 is 2.34 bits per heavy atom. The lowest BCUT2D eigenvalue weighted by Crippen LogP contribution is -2.63. The van der Waals surface area contributed by atoms with E-state index in [2.05, 4.69) is 74.6 Å². The number of hydrogen-bond acceptors (Lipinski definition) is 2. The van der Waals surface area contributed by atoms with Gasteiger partial charge in [-0.05, 0) is 85.5 Å². The Morgan fingerprint density at radius 1 is 0.897 bits per heavy atom. The molecular weight excluding hydrogens is 354 g/mol. The Labute approximate surface area is 176 Å². The van der Waals surface area contributed by atoms with Gasteiger partial charge in [-0.3, -0.25) is 0 Å². The van der Waals surface area contributed by atoms with Crippen LogP contribution in [0, 0.1) is 23.7 Å². The van der Waals surface area contributed by atoms with Crippen LogP contribution < -0.4 is 10.1 Å². The van der Waals surface area contributed by atoms with Gasteiger partial charge in [0, 0.05) is 12.1 Å². The molecule has 0 radical (unpaired) electrons. The van der Waals surface area contributed by atoms with Crippen molar-refractivity contribution in [2.45, 2.75) is 78.0 Å². The third kappa shape index (κ3) is 3.97. The van der Waals surface area contributed by atoms with Gasteiger partial charge in [-0.25, -0.2) is 0 Å². The number of hydrogen-bond donors (Lipinski definition) is 1. The molecule has 2 unspecified atom stereocenters. The van der Waals surface area contributed by atoms with Crippen LogP contribution in [-0.4, -0.2) is 5.54 Å². The van der Waals surface area contributed by atoms with E-state index in [4.69, 9.17) is 4.74 Å². The molecule has 1 N–H and O–H groups in total. The summed E-state index contributed by atoms with van der Waals surface area (Å²) in [6, 6.07) is 17.2. The van der Waals surface area contributed by atoms with Crippen molar-refractivity contribution in [1.29, 1.82) is 0 Å². The third-order valence-corrected chi connectivity index (χ3v) is 7.68. The highest BCUT2D eigenvalue weighted by Gasteiger charge is 2.59. The van der Waals surface area contributed by atoms with Crippen LogP contribution in [0.1, 0.15) is 69.1 Å². The molecule has 4 aliphatic rings. The first kappa shape index (κ1) is 19.2. The SMILES string of the molecule is Cc1cccc(COc2cccc(CNC34CC5CC(C)(CC(C)(C5)C3)C4)c2)c1. The molecule has 2 nitrogen and oxygen atoms in total. The van der Waals surface area contributed by atoms with Crippen LogP contribution in [0.5, 0.6) is 5.75 Å². The lowest BCUT2D eigenvalue weighted by molar-refractivity contribution is -0.118. The number of benzene rings is 2. The molecule has 0 aromatic heterocycles. The molecule has 0 heterocycles. The average Bonchev–Trinajstić information content (AvgIpc) is 2.62. The van der Waals surface area contributed by atoms with Gasteiger partial charge in [0.2, 0.25) is 0 Å². The number of nitrogens with one attached hydrogen (secondary N) is 1. The molecule has 4 fully saturated rings. The van der Waals surface area contributed by atoms with E-state index >= 15 is 0 Å². The van der Waals surface area contributed by atoms with Crippen LogP contribution >= 0.6 is 0 Å². The monoisotopic (exact) mass is 389 g/mol. The predicted octanol–water partition coefficient (Wildman–Crippen LogP) is 6.41. The summed E-state index contributed by atoms with van der Waals surface area (Å²) in [5, 5.41) is 4.05. The van der Waals surface area contributed by atoms with E-state index in [1.165, 1.54) is 55.2 Å². The minimum Gasteiger partial charge on any atom is -0.489 e. The van der Waals surface area contributed by atoms with E-state index < -0.39 is 0 Å². The zero-order valence-corrected chi connectivity index (χ0v) is 18.3. The van der Waals surface area contributed by atoms with Crippen LogP contribution in [0.2, 0.25) is 0 Å². The Balaban J connectivity index is 1.24. The van der Waals surface area contributed by atoms with Gasteiger partial charge in [0.15, 0.2) is 0 Å². The average molecular weight is 390 g/mol. The molecule has 2 atom stereocenters. The van der Waals surface area contributed by atoms with Gasteiger partial charge in [-0.1, -0.05) is 55.8 Å². The van der Waals surface area contributed by atoms with E-state index in [0.717, 1.165) is 18.2 Å². The van der Waals surface area contributed by atoms with Crippen molar-refractivity contribution >= 4 is 0 Å². The van der Waals surface area contributed by atoms with Gasteiger partial charge in [-0.2, -0.15) is 0 Å². The molecule has 4 bridgehead atoms. The molecule has 4 saturated carbocycles. The summed E-state index contributed by atoms with van der Waals surface area (Å²) >= 11 is 0. The number of ether oxygens (including phenoxy) is 1. The summed E-state index contributed by atoms with van der Waals surface area (Å²) in [5.41, 5.74) is 5.30. The van der Waals surface area contributed by atoms with Crippen LogP contribution in [-0.2, 0) is 13.2 Å². The highest BCUT2D eigenvalue weighted by Crippen LogP contribution is 2.66. The van der Waals surface area contributed by atoms with Crippen molar-refractivity contribution in [3.8, 4) is 5.75 Å². The van der Waals surface area contributed by atoms with Crippen molar-refractivity contribution in [1.82, 2.24) is 5.32 Å². The van der Waals surface area contributed by atoms with E-state index in [1.807, 2.05) is 0 Å². The van der Waals surface area contributed by atoms with Crippen molar-refractivity contribution < 1.29 is 4.74 Å². The molecule has 0 amide bonds. The molecular formula is C27H35NO. The lowest BCUT2D eigenvalue weighted by Gasteiger charge is -2.65. The van der Waals surface area contributed by atoms with Crippen LogP contribution in [0.15, 0.2) is 48.5 Å². The maximum Gasteiger partial charge on any atom is 0.120 e. The molecule has 6 rings (SSSR count). The normalized spacial score (nSPS) is 35.1. The fourth-order valence-corrected chi connectivity index (χ4v) is 7.65. The molecule has 29 heavy (non-hydrogen) atoms. The molecule has 0 aliphatic heterocycles. The smallest absolute Gasteiger partial charge is 0.120 e. The van der Waals surface area contributed by atoms with Crippen molar-refractivity contribution in [2.24, 2.45) is 16.7 Å². The lowest BCUT2D eigenvalue weighted by atomic mass is 9.43. The molecule has 2 aromatic rings. The van der Waals surface area contributed by atoms with E-state index in [0.29, 0.717) is 23.0 Å². The van der Waals surface area contributed by atoms with Crippen LogP contribution in [0.3, 0.4) is 0 Å². The highest BCUT2D eigenvalue weighted by molar-refractivity contribution is 5.30. The minimum absolute atomic E-state index is 0.349. The predicted molar refractivity (Wildman–Crippen MR) is 119 cm³/mol. The minimum atomic E-state index is 0.349. The summed E-state index contributed by atoms with van der Waals surface area (Å²) < 4.78 is 6.09. The van der Waals surface area contributed by atoms with Gasteiger partial charge in [0.05, 0.1) is 0 Å². The highest BCUT2D eigenvalue weighted by atomic mass is 16.5. The molecule has 2 heteroatoms. The Bertz CT molecular complexity index is 885. The Hall–Kier alpha value is -1.80. The first-order valence-electron chi connectivity index (χ1n) is 11.4. The first-order chi connectivity index (χ1) is 13.8. The summed E-state index contributed by atoms with van der Waals surface area (Å²) in [6.45, 7) is 8.79. The van der Waals surface area contributed by atoms with E-state index in [-0.39, 0.29) is 0 Å². The van der Waals surface area contributed by atoms with E-state index in [9.17, 15) is 0 Å². The summed E-state index contributed by atoms with van der Waals surface area (Å²) in [6.07, 6.45) is 8.43. The van der Waals surface area contributed by atoms with Gasteiger partial charge >= 0.3 is 0 Å². The van der Waals surface area contributed by atoms with Crippen molar-refractivity contribution in [2.75, 3.05) is 0 Å². The zero-order valence-electron chi connectivity index (χ0n) is 18.3. The summed E-state index contributed by atoms with van der Waals surface area (Å²) in [7, 11) is 0. The van der Waals surface area contributed by atoms with Gasteiger partial charge < -0.3 is 10.1 Å². The summed E-state index contributed by atoms with van der Waals surface area (Å²) in [4.78, 5) is 0. The topological polar surface area (TPSA) is 21.3 Å². The largest absolute Gasteiger partial charge is 0.489 e. The Morgan fingerprint density at radius 2 is 1.62 bits per heavy atom. The second kappa shape index (κ2) is 6.87. The van der Waals surface area contributed by atoms with Gasteiger partial charge in [0.25, 0.3) is 0 Å². The van der Waals surface area contributed by atoms with E-state index in [1.54, 1.807) is 0 Å². The fourth-order valence-electron chi connectivity index (χ4n) is 7.65. The first-order valence-corrected chi connectivity index (χ1v) is 11.4. The zero-order chi connectivity index (χ0) is 20.1. The Kier molecular flexibility index (Phi) is 4.55. The second-order valence-electron chi connectivity index (χ2n) is 11.2. The standard InChI is InChI=1S/C27H35NO/c1-20-6-4-8-22(10-20)16-29-24-9-5-7-21(11-24)15-28-27-14-23-12-25(2,18-27)17-26(3,13-23)19-27/h4-11,23,28H,12-19H2,1-3H3. The maximum absolute atomic E-state index is 6.09. The third-order valence-electron chi connectivity index (χ3n) is 7.68. The maximum atomic E-state index is 6.09. The summed E-state index contributed by atoms with van der Waals surface area (Å²) in [5.74, 6) is 1.90. The van der Waals surface area contributed by atoms with Crippen molar-refractivity contribution in [3.05, 3.63) is 65.2 Å². The number of rotatable bonds is 6. The molecule has 0 spiro atoms. The van der Waals surface area contributed by atoms with Gasteiger partial charge in [-0.15, -0.1) is 0 Å². The molecule has 4 aliphatic carbocycles. The quantitative estimate of drug-likeness (QED) is 0.616. The second-order valence-corrected chi connectivity index (χ2v) is 11.2. The van der Waals surface area contributed by atoms with Crippen LogP contribution in [0.25, 0.3) is 0 Å². The molecule has 154 valence electrons.